The maximum atomic E-state index is 5.71. The molecule has 0 saturated carbocycles. The van der Waals surface area contributed by atoms with Gasteiger partial charge in [0.2, 0.25) is 0 Å². The lowest BCUT2D eigenvalue weighted by molar-refractivity contribution is 0.662. The van der Waals surface area contributed by atoms with Crippen molar-refractivity contribution in [3.63, 3.8) is 0 Å². The maximum absolute atomic E-state index is 5.71. The highest BCUT2D eigenvalue weighted by molar-refractivity contribution is 6.17. The second kappa shape index (κ2) is 5.91. The predicted octanol–water partition coefficient (Wildman–Crippen LogP) is 2.63. The molecule has 0 bridgehead atoms. The Morgan fingerprint density at radius 2 is 2.13 bits per heavy atom. The van der Waals surface area contributed by atoms with Crippen molar-refractivity contribution in [3.05, 3.63) is 18.1 Å². The quantitative estimate of drug-likeness (QED) is 0.725. The van der Waals surface area contributed by atoms with Crippen molar-refractivity contribution in [1.82, 2.24) is 9.97 Å². The van der Waals surface area contributed by atoms with E-state index in [1.165, 1.54) is 0 Å². The molecule has 0 amide bonds. The van der Waals surface area contributed by atoms with Gasteiger partial charge in [0.05, 0.1) is 0 Å². The molecular weight excluding hydrogens is 210 g/mol. The van der Waals surface area contributed by atoms with Crippen LogP contribution in [-0.4, -0.2) is 28.4 Å². The minimum absolute atomic E-state index is 0.433. The Kier molecular flexibility index (Phi) is 4.82. The van der Waals surface area contributed by atoms with Crippen molar-refractivity contribution >= 4 is 17.4 Å². The molecule has 1 heterocycles. The van der Waals surface area contributed by atoms with E-state index in [0.29, 0.717) is 11.9 Å². The number of aromatic nitrogens is 2. The Bertz CT molecular complexity index is 302. The molecule has 0 spiro atoms. The predicted molar refractivity (Wildman–Crippen MR) is 64.6 cm³/mol. The Morgan fingerprint density at radius 3 is 2.67 bits per heavy atom. The van der Waals surface area contributed by atoms with Gasteiger partial charge in [-0.15, -0.1) is 11.6 Å². The van der Waals surface area contributed by atoms with Crippen LogP contribution in [0, 0.1) is 6.92 Å². The number of anilines is 1. The molecule has 84 valence electrons. The van der Waals surface area contributed by atoms with Crippen molar-refractivity contribution in [2.75, 3.05) is 17.3 Å². The van der Waals surface area contributed by atoms with Crippen molar-refractivity contribution in [2.24, 2.45) is 0 Å². The van der Waals surface area contributed by atoms with Crippen LogP contribution >= 0.6 is 11.6 Å². The first-order chi connectivity index (χ1) is 7.15. The highest BCUT2D eigenvalue weighted by Gasteiger charge is 2.11. The summed E-state index contributed by atoms with van der Waals surface area (Å²) in [6.07, 6.45) is 2.59. The van der Waals surface area contributed by atoms with Gasteiger partial charge < -0.3 is 4.90 Å². The van der Waals surface area contributed by atoms with E-state index in [2.05, 4.69) is 28.7 Å². The number of alkyl halides is 1. The third kappa shape index (κ3) is 3.67. The molecule has 0 atom stereocenters. The average molecular weight is 228 g/mol. The topological polar surface area (TPSA) is 29.0 Å². The fourth-order valence-corrected chi connectivity index (χ4v) is 1.58. The molecule has 0 radical (unpaired) electrons. The highest BCUT2D eigenvalue weighted by atomic mass is 35.5. The van der Waals surface area contributed by atoms with Crippen LogP contribution in [0.5, 0.6) is 0 Å². The Hall–Kier alpha value is -0.830. The molecule has 0 aliphatic heterocycles. The van der Waals surface area contributed by atoms with E-state index >= 15 is 0 Å². The molecule has 0 fully saturated rings. The van der Waals surface area contributed by atoms with Gasteiger partial charge in [-0.05, 0) is 27.2 Å². The lowest BCUT2D eigenvalue weighted by atomic mass is 10.2. The van der Waals surface area contributed by atoms with Crippen molar-refractivity contribution in [1.29, 1.82) is 0 Å². The summed E-state index contributed by atoms with van der Waals surface area (Å²) in [6.45, 7) is 7.24. The van der Waals surface area contributed by atoms with Crippen LogP contribution < -0.4 is 4.90 Å². The molecular formula is C11H18ClN3. The van der Waals surface area contributed by atoms with Crippen molar-refractivity contribution < 1.29 is 0 Å². The molecule has 1 aromatic heterocycles. The summed E-state index contributed by atoms with van der Waals surface area (Å²) in [5, 5.41) is 0. The number of hydrogen-bond acceptors (Lipinski definition) is 3. The first-order valence-corrected chi connectivity index (χ1v) is 5.80. The van der Waals surface area contributed by atoms with Gasteiger partial charge in [0, 0.05) is 30.2 Å². The standard InChI is InChI=1S/C11H18ClN3/c1-9(2)15(6-4-5-12)11-7-10(3)13-8-14-11/h7-9H,4-6H2,1-3H3. The minimum Gasteiger partial charge on any atom is -0.354 e. The number of nitrogens with zero attached hydrogens (tertiary/aromatic N) is 3. The zero-order valence-corrected chi connectivity index (χ0v) is 10.3. The van der Waals surface area contributed by atoms with Gasteiger partial charge in [-0.2, -0.15) is 0 Å². The molecule has 0 unspecified atom stereocenters. The van der Waals surface area contributed by atoms with E-state index in [-0.39, 0.29) is 0 Å². The van der Waals surface area contributed by atoms with Gasteiger partial charge >= 0.3 is 0 Å². The van der Waals surface area contributed by atoms with E-state index < -0.39 is 0 Å². The van der Waals surface area contributed by atoms with E-state index in [4.69, 9.17) is 11.6 Å². The lowest BCUT2D eigenvalue weighted by Gasteiger charge is -2.27. The van der Waals surface area contributed by atoms with Crippen LogP contribution in [-0.2, 0) is 0 Å². The summed E-state index contributed by atoms with van der Waals surface area (Å²) in [5.74, 6) is 1.68. The number of rotatable bonds is 5. The molecule has 0 aliphatic carbocycles. The average Bonchev–Trinajstić information content (AvgIpc) is 2.18. The van der Waals surface area contributed by atoms with Gasteiger partial charge in [0.15, 0.2) is 0 Å². The minimum atomic E-state index is 0.433. The van der Waals surface area contributed by atoms with Crippen LogP contribution in [0.15, 0.2) is 12.4 Å². The normalized spacial score (nSPS) is 10.7. The second-order valence-corrected chi connectivity index (χ2v) is 4.23. The molecule has 0 aliphatic rings. The number of hydrogen-bond donors (Lipinski definition) is 0. The molecule has 1 rings (SSSR count). The van der Waals surface area contributed by atoms with Crippen molar-refractivity contribution in [2.45, 2.75) is 33.2 Å². The van der Waals surface area contributed by atoms with E-state index in [9.17, 15) is 0 Å². The van der Waals surface area contributed by atoms with Gasteiger partial charge in [0.25, 0.3) is 0 Å². The summed E-state index contributed by atoms with van der Waals surface area (Å²) < 4.78 is 0. The first kappa shape index (κ1) is 12.2. The van der Waals surface area contributed by atoms with Gasteiger partial charge in [-0.25, -0.2) is 9.97 Å². The molecule has 1 aromatic rings. The van der Waals surface area contributed by atoms with Crippen LogP contribution in [0.3, 0.4) is 0 Å². The van der Waals surface area contributed by atoms with Crippen molar-refractivity contribution in [3.8, 4) is 0 Å². The third-order valence-corrected chi connectivity index (χ3v) is 2.51. The summed E-state index contributed by atoms with van der Waals surface area (Å²) in [7, 11) is 0. The zero-order valence-electron chi connectivity index (χ0n) is 9.57. The van der Waals surface area contributed by atoms with Crippen LogP contribution in [0.2, 0.25) is 0 Å². The molecule has 3 nitrogen and oxygen atoms in total. The molecule has 0 saturated heterocycles. The summed E-state index contributed by atoms with van der Waals surface area (Å²) in [6, 6.07) is 2.44. The molecule has 0 aromatic carbocycles. The summed E-state index contributed by atoms with van der Waals surface area (Å²) >= 11 is 5.71. The van der Waals surface area contributed by atoms with Gasteiger partial charge in [-0.1, -0.05) is 0 Å². The fraction of sp³-hybridized carbons (Fsp3) is 0.636. The van der Waals surface area contributed by atoms with E-state index in [1.54, 1.807) is 6.33 Å². The highest BCUT2D eigenvalue weighted by Crippen LogP contribution is 2.14. The fourth-order valence-electron chi connectivity index (χ4n) is 1.46. The van der Waals surface area contributed by atoms with E-state index in [1.807, 2.05) is 13.0 Å². The molecule has 0 N–H and O–H groups in total. The second-order valence-electron chi connectivity index (χ2n) is 3.85. The Balaban J connectivity index is 2.79. The van der Waals surface area contributed by atoms with E-state index in [0.717, 1.165) is 24.5 Å². The number of halogens is 1. The molecule has 4 heteroatoms. The summed E-state index contributed by atoms with van der Waals surface area (Å²) in [5.41, 5.74) is 0.997. The molecule has 15 heavy (non-hydrogen) atoms. The van der Waals surface area contributed by atoms with Gasteiger partial charge in [0.1, 0.15) is 12.1 Å². The zero-order chi connectivity index (χ0) is 11.3. The van der Waals surface area contributed by atoms with Crippen LogP contribution in [0.4, 0.5) is 5.82 Å². The Morgan fingerprint density at radius 1 is 1.40 bits per heavy atom. The monoisotopic (exact) mass is 227 g/mol. The first-order valence-electron chi connectivity index (χ1n) is 5.26. The largest absolute Gasteiger partial charge is 0.354 e. The third-order valence-electron chi connectivity index (χ3n) is 2.24. The maximum Gasteiger partial charge on any atom is 0.132 e. The lowest BCUT2D eigenvalue weighted by Crippen LogP contribution is -2.32. The van der Waals surface area contributed by atoms with Gasteiger partial charge in [-0.3, -0.25) is 0 Å². The van der Waals surface area contributed by atoms with Crippen LogP contribution in [0.1, 0.15) is 26.0 Å². The SMILES string of the molecule is Cc1cc(N(CCCCl)C(C)C)ncn1. The number of aryl methyl sites for hydroxylation is 1. The smallest absolute Gasteiger partial charge is 0.132 e. The van der Waals surface area contributed by atoms with Crippen LogP contribution in [0.25, 0.3) is 0 Å². The summed E-state index contributed by atoms with van der Waals surface area (Å²) in [4.78, 5) is 10.6. The Labute approximate surface area is 96.5 Å².